The van der Waals surface area contributed by atoms with Gasteiger partial charge in [0.15, 0.2) is 11.5 Å². The third-order valence-corrected chi connectivity index (χ3v) is 4.59. The van der Waals surface area contributed by atoms with Crippen LogP contribution >= 0.6 is 0 Å². The van der Waals surface area contributed by atoms with Crippen LogP contribution in [0, 0.1) is 5.82 Å². The SMILES string of the molecule is C[N+]1(c2ccc(N3CC(CNC=O)OC3=O)cc2F)CCOCC1. The molecule has 130 valence electrons. The number of cyclic esters (lactones) is 1. The third-order valence-electron chi connectivity index (χ3n) is 4.59. The predicted octanol–water partition coefficient (Wildman–Crippen LogP) is 0.864. The number of hydrogen-bond acceptors (Lipinski definition) is 4. The first-order valence-corrected chi connectivity index (χ1v) is 7.91. The number of ether oxygens (including phenoxy) is 2. The highest BCUT2D eigenvalue weighted by Gasteiger charge is 2.35. The van der Waals surface area contributed by atoms with Crippen LogP contribution in [0.25, 0.3) is 0 Å². The lowest BCUT2D eigenvalue weighted by Gasteiger charge is -2.37. The largest absolute Gasteiger partial charge is 0.442 e. The van der Waals surface area contributed by atoms with Gasteiger partial charge in [-0.3, -0.25) is 14.2 Å². The second-order valence-corrected chi connectivity index (χ2v) is 6.23. The van der Waals surface area contributed by atoms with Crippen molar-refractivity contribution in [3.63, 3.8) is 0 Å². The van der Waals surface area contributed by atoms with Crippen LogP contribution in [0.4, 0.5) is 20.6 Å². The number of carbonyl (C=O) groups excluding carboxylic acids is 2. The number of benzene rings is 1. The Bertz CT molecular complexity index is 634. The lowest BCUT2D eigenvalue weighted by atomic mass is 10.2. The summed E-state index contributed by atoms with van der Waals surface area (Å²) >= 11 is 0. The number of morpholine rings is 1. The molecule has 7 nitrogen and oxygen atoms in total. The Morgan fingerprint density at radius 2 is 2.17 bits per heavy atom. The molecule has 2 amide bonds. The Morgan fingerprint density at radius 3 is 2.83 bits per heavy atom. The number of nitrogens with one attached hydrogen (secondary N) is 1. The normalized spacial score (nSPS) is 23.0. The molecule has 1 N–H and O–H groups in total. The van der Waals surface area contributed by atoms with E-state index >= 15 is 0 Å². The van der Waals surface area contributed by atoms with E-state index in [-0.39, 0.29) is 18.9 Å². The van der Waals surface area contributed by atoms with Gasteiger partial charge in [-0.05, 0) is 6.07 Å². The van der Waals surface area contributed by atoms with Gasteiger partial charge in [0.1, 0.15) is 19.2 Å². The maximum Gasteiger partial charge on any atom is 0.414 e. The van der Waals surface area contributed by atoms with Crippen LogP contribution in [0.2, 0.25) is 0 Å². The molecule has 2 aliphatic rings. The van der Waals surface area contributed by atoms with E-state index in [0.29, 0.717) is 48.6 Å². The summed E-state index contributed by atoms with van der Waals surface area (Å²) in [6, 6.07) is 4.82. The fourth-order valence-electron chi connectivity index (χ4n) is 3.11. The summed E-state index contributed by atoms with van der Waals surface area (Å²) in [5.41, 5.74) is 1.04. The van der Waals surface area contributed by atoms with Crippen molar-refractivity contribution in [2.45, 2.75) is 6.10 Å². The summed E-state index contributed by atoms with van der Waals surface area (Å²) in [5, 5.41) is 2.48. The van der Waals surface area contributed by atoms with Gasteiger partial charge in [-0.2, -0.15) is 0 Å². The van der Waals surface area contributed by atoms with E-state index in [2.05, 4.69) is 5.32 Å². The highest BCUT2D eigenvalue weighted by atomic mass is 19.1. The van der Waals surface area contributed by atoms with Crippen molar-refractivity contribution in [3.8, 4) is 0 Å². The molecule has 2 aliphatic heterocycles. The maximum atomic E-state index is 14.7. The minimum atomic E-state index is -0.536. The van der Waals surface area contributed by atoms with Crippen molar-refractivity contribution in [2.24, 2.45) is 0 Å². The second kappa shape index (κ2) is 6.74. The molecule has 0 radical (unpaired) electrons. The van der Waals surface area contributed by atoms with E-state index in [4.69, 9.17) is 9.47 Å². The average Bonchev–Trinajstić information content (AvgIpc) is 2.94. The molecule has 24 heavy (non-hydrogen) atoms. The monoisotopic (exact) mass is 338 g/mol. The molecule has 0 aliphatic carbocycles. The van der Waals surface area contributed by atoms with E-state index in [0.717, 1.165) is 0 Å². The topological polar surface area (TPSA) is 67.9 Å². The van der Waals surface area contributed by atoms with Gasteiger partial charge in [0.2, 0.25) is 6.41 Å². The Morgan fingerprint density at radius 1 is 1.42 bits per heavy atom. The molecule has 2 fully saturated rings. The zero-order chi connectivity index (χ0) is 17.2. The maximum absolute atomic E-state index is 14.7. The number of halogens is 1. The highest BCUT2D eigenvalue weighted by molar-refractivity contribution is 5.90. The second-order valence-electron chi connectivity index (χ2n) is 6.23. The number of likely N-dealkylation sites (N-methyl/N-ethyl adjacent to an activating group) is 1. The molecular weight excluding hydrogens is 317 g/mol. The first-order valence-electron chi connectivity index (χ1n) is 7.91. The van der Waals surface area contributed by atoms with Crippen molar-refractivity contribution in [1.82, 2.24) is 9.80 Å². The lowest BCUT2D eigenvalue weighted by Crippen LogP contribution is -2.53. The first kappa shape index (κ1) is 16.7. The summed E-state index contributed by atoms with van der Waals surface area (Å²) in [5.74, 6) is -0.348. The molecule has 0 spiro atoms. The summed E-state index contributed by atoms with van der Waals surface area (Å²) in [7, 11) is 1.98. The Kier molecular flexibility index (Phi) is 4.68. The fraction of sp³-hybridized carbons (Fsp3) is 0.500. The van der Waals surface area contributed by atoms with Crippen LogP contribution in [0.15, 0.2) is 18.2 Å². The number of nitrogens with zero attached hydrogens (tertiary/aromatic N) is 2. The zero-order valence-electron chi connectivity index (χ0n) is 13.5. The van der Waals surface area contributed by atoms with Crippen molar-refractivity contribution >= 4 is 23.9 Å². The van der Waals surface area contributed by atoms with E-state index < -0.39 is 12.2 Å². The summed E-state index contributed by atoms with van der Waals surface area (Å²) in [4.78, 5) is 23.7. The van der Waals surface area contributed by atoms with Crippen LogP contribution in [0.5, 0.6) is 0 Å². The lowest BCUT2D eigenvalue weighted by molar-refractivity contribution is -0.109. The molecule has 0 bridgehead atoms. The van der Waals surface area contributed by atoms with Gasteiger partial charge >= 0.3 is 6.09 Å². The van der Waals surface area contributed by atoms with Gasteiger partial charge in [0.25, 0.3) is 0 Å². The predicted molar refractivity (Wildman–Crippen MR) is 86.4 cm³/mol. The molecule has 1 atom stereocenters. The summed E-state index contributed by atoms with van der Waals surface area (Å²) in [6.07, 6.45) is -0.418. The molecule has 3 rings (SSSR count). The van der Waals surface area contributed by atoms with Crippen LogP contribution in [-0.4, -0.2) is 65.0 Å². The Labute approximate surface area is 139 Å². The minimum Gasteiger partial charge on any atom is -0.442 e. The number of rotatable bonds is 5. The molecule has 2 heterocycles. The zero-order valence-corrected chi connectivity index (χ0v) is 13.5. The average molecular weight is 338 g/mol. The standard InChI is InChI=1S/C16H20FN3O4/c1-20(4-6-23-7-5-20)15-3-2-12(8-14(15)17)19-10-13(9-18-11-21)24-16(19)22/h2-3,8,11,13H,4-7,9-10H2,1H3/p+1. The summed E-state index contributed by atoms with van der Waals surface area (Å²) < 4.78 is 25.7. The van der Waals surface area contributed by atoms with Crippen molar-refractivity contribution in [3.05, 3.63) is 24.0 Å². The third kappa shape index (κ3) is 3.20. The van der Waals surface area contributed by atoms with Crippen LogP contribution in [-0.2, 0) is 14.3 Å². The molecular formula is C16H21FN3O4+. The van der Waals surface area contributed by atoms with Gasteiger partial charge < -0.3 is 14.8 Å². The molecule has 1 aromatic rings. The van der Waals surface area contributed by atoms with Crippen LogP contribution in [0.3, 0.4) is 0 Å². The Hall–Kier alpha value is -2.19. The molecule has 0 saturated carbocycles. The van der Waals surface area contributed by atoms with Gasteiger partial charge in [-0.1, -0.05) is 0 Å². The fourth-order valence-corrected chi connectivity index (χ4v) is 3.11. The van der Waals surface area contributed by atoms with Gasteiger partial charge in [0, 0.05) is 12.1 Å². The number of anilines is 1. The van der Waals surface area contributed by atoms with Crippen LogP contribution < -0.4 is 14.7 Å². The van der Waals surface area contributed by atoms with E-state index in [1.807, 2.05) is 7.05 Å². The van der Waals surface area contributed by atoms with Crippen molar-refractivity contribution < 1.29 is 23.5 Å². The van der Waals surface area contributed by atoms with Crippen LogP contribution in [0.1, 0.15) is 0 Å². The molecule has 1 aromatic carbocycles. The molecule has 0 aromatic heterocycles. The van der Waals surface area contributed by atoms with Crippen molar-refractivity contribution in [2.75, 3.05) is 51.3 Å². The van der Waals surface area contributed by atoms with Gasteiger partial charge in [-0.15, -0.1) is 0 Å². The minimum absolute atomic E-state index is 0.237. The number of carbonyl (C=O) groups is 2. The number of hydrogen-bond donors (Lipinski definition) is 1. The highest BCUT2D eigenvalue weighted by Crippen LogP contribution is 2.31. The molecule has 2 saturated heterocycles. The number of amides is 2. The van der Waals surface area contributed by atoms with E-state index in [9.17, 15) is 14.0 Å². The van der Waals surface area contributed by atoms with Gasteiger partial charge in [0.05, 0.1) is 39.0 Å². The Balaban J connectivity index is 1.77. The molecule has 8 heteroatoms. The summed E-state index contributed by atoms with van der Waals surface area (Å²) in [6.45, 7) is 3.13. The first-order chi connectivity index (χ1) is 11.5. The van der Waals surface area contributed by atoms with E-state index in [1.54, 1.807) is 12.1 Å². The van der Waals surface area contributed by atoms with Crippen molar-refractivity contribution in [1.29, 1.82) is 0 Å². The smallest absolute Gasteiger partial charge is 0.414 e. The van der Waals surface area contributed by atoms with E-state index in [1.165, 1.54) is 11.0 Å². The quantitative estimate of drug-likeness (QED) is 0.639. The van der Waals surface area contributed by atoms with Gasteiger partial charge in [-0.25, -0.2) is 9.18 Å². The molecule has 1 unspecified atom stereocenters. The number of quaternary nitrogens is 1.